The van der Waals surface area contributed by atoms with Crippen molar-refractivity contribution in [3.05, 3.63) is 35.4 Å². The molecule has 0 saturated heterocycles. The summed E-state index contributed by atoms with van der Waals surface area (Å²) in [6, 6.07) is 4.83. The highest BCUT2D eigenvalue weighted by molar-refractivity contribution is 5.27. The molecule has 0 aromatic heterocycles. The number of halogens is 3. The fourth-order valence-corrected chi connectivity index (χ4v) is 1.78. The summed E-state index contributed by atoms with van der Waals surface area (Å²) in [6.07, 6.45) is -2.07. The number of aliphatic hydroxyl groups is 1. The molecule has 108 valence electrons. The van der Waals surface area contributed by atoms with Gasteiger partial charge in [0.15, 0.2) is 0 Å². The molecular formula is C14H20F3NO. The van der Waals surface area contributed by atoms with Crippen LogP contribution in [0.5, 0.6) is 0 Å². The first-order chi connectivity index (χ1) is 8.95. The van der Waals surface area contributed by atoms with Gasteiger partial charge in [0.25, 0.3) is 0 Å². The van der Waals surface area contributed by atoms with Crippen LogP contribution in [-0.4, -0.2) is 18.2 Å². The van der Waals surface area contributed by atoms with E-state index in [1.54, 1.807) is 0 Å². The Hall–Kier alpha value is -1.07. The van der Waals surface area contributed by atoms with E-state index in [0.717, 1.165) is 37.9 Å². The lowest BCUT2D eigenvalue weighted by molar-refractivity contribution is -0.137. The summed E-state index contributed by atoms with van der Waals surface area (Å²) in [4.78, 5) is 0. The SMILES string of the molecule is CCCCCNCC(O)c1cccc(C(F)(F)F)c1. The molecule has 5 heteroatoms. The molecule has 1 rings (SSSR count). The summed E-state index contributed by atoms with van der Waals surface area (Å²) in [6.45, 7) is 3.13. The molecule has 1 aromatic carbocycles. The predicted octanol–water partition coefficient (Wildman–Crippen LogP) is 3.52. The van der Waals surface area contributed by atoms with Gasteiger partial charge in [0.05, 0.1) is 11.7 Å². The second-order valence-corrected chi connectivity index (χ2v) is 4.55. The minimum Gasteiger partial charge on any atom is -0.387 e. The molecule has 1 aromatic rings. The van der Waals surface area contributed by atoms with Gasteiger partial charge in [0.1, 0.15) is 0 Å². The van der Waals surface area contributed by atoms with Crippen LogP contribution in [0.4, 0.5) is 13.2 Å². The maximum Gasteiger partial charge on any atom is 0.416 e. The van der Waals surface area contributed by atoms with Crippen molar-refractivity contribution < 1.29 is 18.3 Å². The zero-order valence-corrected chi connectivity index (χ0v) is 11.0. The quantitative estimate of drug-likeness (QED) is 0.746. The third kappa shape index (κ3) is 5.61. The summed E-state index contributed by atoms with van der Waals surface area (Å²) in [5.41, 5.74) is -0.437. The number of hydrogen-bond acceptors (Lipinski definition) is 2. The van der Waals surface area contributed by atoms with E-state index in [2.05, 4.69) is 12.2 Å². The maximum absolute atomic E-state index is 12.5. The summed E-state index contributed by atoms with van der Waals surface area (Å²) < 4.78 is 37.6. The highest BCUT2D eigenvalue weighted by atomic mass is 19.4. The Kier molecular flexibility index (Phi) is 6.31. The van der Waals surface area contributed by atoms with Crippen LogP contribution in [-0.2, 0) is 6.18 Å². The number of hydrogen-bond donors (Lipinski definition) is 2. The molecule has 2 N–H and O–H groups in total. The Morgan fingerprint density at radius 2 is 2.00 bits per heavy atom. The van der Waals surface area contributed by atoms with Crippen molar-refractivity contribution in [3.8, 4) is 0 Å². The maximum atomic E-state index is 12.5. The van der Waals surface area contributed by atoms with Gasteiger partial charge in [-0.25, -0.2) is 0 Å². The lowest BCUT2D eigenvalue weighted by atomic mass is 10.1. The molecule has 2 nitrogen and oxygen atoms in total. The van der Waals surface area contributed by atoms with Crippen molar-refractivity contribution in [1.82, 2.24) is 5.32 Å². The predicted molar refractivity (Wildman–Crippen MR) is 68.8 cm³/mol. The second-order valence-electron chi connectivity index (χ2n) is 4.55. The van der Waals surface area contributed by atoms with Gasteiger partial charge in [-0.3, -0.25) is 0 Å². The lowest BCUT2D eigenvalue weighted by Crippen LogP contribution is -2.22. The number of aliphatic hydroxyl groups excluding tert-OH is 1. The molecule has 0 radical (unpaired) electrons. The third-order valence-electron chi connectivity index (χ3n) is 2.89. The van der Waals surface area contributed by atoms with E-state index in [1.807, 2.05) is 0 Å². The average molecular weight is 275 g/mol. The van der Waals surface area contributed by atoms with E-state index < -0.39 is 17.8 Å². The minimum atomic E-state index is -4.37. The standard InChI is InChI=1S/C14H20F3NO/c1-2-3-4-8-18-10-13(19)11-6-5-7-12(9-11)14(15,16)17/h5-7,9,13,18-19H,2-4,8,10H2,1H3. The highest BCUT2D eigenvalue weighted by Crippen LogP contribution is 2.30. The van der Waals surface area contributed by atoms with Gasteiger partial charge in [0, 0.05) is 6.54 Å². The molecule has 0 heterocycles. The summed E-state index contributed by atoms with van der Waals surface area (Å²) in [5.74, 6) is 0. The zero-order chi connectivity index (χ0) is 14.3. The van der Waals surface area contributed by atoms with E-state index in [4.69, 9.17) is 0 Å². The molecule has 0 aliphatic heterocycles. The smallest absolute Gasteiger partial charge is 0.387 e. The van der Waals surface area contributed by atoms with Crippen molar-refractivity contribution in [2.45, 2.75) is 38.5 Å². The first-order valence-electron chi connectivity index (χ1n) is 6.51. The van der Waals surface area contributed by atoms with E-state index in [1.165, 1.54) is 12.1 Å². The van der Waals surface area contributed by atoms with E-state index in [9.17, 15) is 18.3 Å². The molecule has 0 fully saturated rings. The van der Waals surface area contributed by atoms with Crippen LogP contribution >= 0.6 is 0 Å². The number of alkyl halides is 3. The Morgan fingerprint density at radius 1 is 1.26 bits per heavy atom. The molecule has 1 unspecified atom stereocenters. The van der Waals surface area contributed by atoms with E-state index in [0.29, 0.717) is 0 Å². The number of benzene rings is 1. The second kappa shape index (κ2) is 7.50. The van der Waals surface area contributed by atoms with Crippen LogP contribution in [0.3, 0.4) is 0 Å². The number of nitrogens with one attached hydrogen (secondary N) is 1. The molecule has 19 heavy (non-hydrogen) atoms. The molecule has 0 amide bonds. The van der Waals surface area contributed by atoms with Gasteiger partial charge in [-0.1, -0.05) is 31.9 Å². The van der Waals surface area contributed by atoms with Gasteiger partial charge >= 0.3 is 6.18 Å². The van der Waals surface area contributed by atoms with Gasteiger partial charge in [-0.15, -0.1) is 0 Å². The number of rotatable bonds is 7. The van der Waals surface area contributed by atoms with E-state index >= 15 is 0 Å². The molecule has 0 saturated carbocycles. The first-order valence-corrected chi connectivity index (χ1v) is 6.51. The Balaban J connectivity index is 2.50. The van der Waals surface area contributed by atoms with Crippen LogP contribution in [0.1, 0.15) is 43.4 Å². The largest absolute Gasteiger partial charge is 0.416 e. The van der Waals surface area contributed by atoms with Crippen LogP contribution in [0.2, 0.25) is 0 Å². The van der Waals surface area contributed by atoms with Gasteiger partial charge in [0.2, 0.25) is 0 Å². The zero-order valence-electron chi connectivity index (χ0n) is 11.0. The molecule has 0 spiro atoms. The van der Waals surface area contributed by atoms with Crippen molar-refractivity contribution >= 4 is 0 Å². The van der Waals surface area contributed by atoms with Crippen LogP contribution in [0.15, 0.2) is 24.3 Å². The molecule has 0 aliphatic rings. The monoisotopic (exact) mass is 275 g/mol. The minimum absolute atomic E-state index is 0.269. The van der Waals surface area contributed by atoms with Crippen LogP contribution < -0.4 is 5.32 Å². The fraction of sp³-hybridized carbons (Fsp3) is 0.571. The van der Waals surface area contributed by atoms with Crippen LogP contribution in [0.25, 0.3) is 0 Å². The summed E-state index contributed by atoms with van der Waals surface area (Å²) in [7, 11) is 0. The van der Waals surface area contributed by atoms with Gasteiger partial charge in [-0.05, 0) is 30.7 Å². The Morgan fingerprint density at radius 3 is 2.63 bits per heavy atom. The topological polar surface area (TPSA) is 32.3 Å². The third-order valence-corrected chi connectivity index (χ3v) is 2.89. The normalized spacial score (nSPS) is 13.5. The average Bonchev–Trinajstić information content (AvgIpc) is 2.37. The van der Waals surface area contributed by atoms with E-state index in [-0.39, 0.29) is 12.1 Å². The summed E-state index contributed by atoms with van der Waals surface area (Å²) in [5, 5.41) is 12.9. The molecule has 1 atom stereocenters. The molecule has 0 aliphatic carbocycles. The highest BCUT2D eigenvalue weighted by Gasteiger charge is 2.30. The molecular weight excluding hydrogens is 255 g/mol. The van der Waals surface area contributed by atoms with Gasteiger partial charge in [-0.2, -0.15) is 13.2 Å². The fourth-order valence-electron chi connectivity index (χ4n) is 1.78. The molecule has 0 bridgehead atoms. The van der Waals surface area contributed by atoms with Crippen molar-refractivity contribution in [2.24, 2.45) is 0 Å². The Bertz CT molecular complexity index is 379. The van der Waals surface area contributed by atoms with Gasteiger partial charge < -0.3 is 10.4 Å². The lowest BCUT2D eigenvalue weighted by Gasteiger charge is -2.14. The Labute approximate surface area is 111 Å². The summed E-state index contributed by atoms with van der Waals surface area (Å²) >= 11 is 0. The van der Waals surface area contributed by atoms with Crippen molar-refractivity contribution in [1.29, 1.82) is 0 Å². The van der Waals surface area contributed by atoms with Crippen molar-refractivity contribution in [2.75, 3.05) is 13.1 Å². The first kappa shape index (κ1) is 16.0. The number of unbranched alkanes of at least 4 members (excludes halogenated alkanes) is 2. The van der Waals surface area contributed by atoms with Crippen LogP contribution in [0, 0.1) is 0 Å². The van der Waals surface area contributed by atoms with Crippen molar-refractivity contribution in [3.63, 3.8) is 0 Å².